The molecule has 0 fully saturated rings. The molecule has 2 heterocycles. The molecule has 0 radical (unpaired) electrons. The van der Waals surface area contributed by atoms with E-state index in [1.54, 1.807) is 36.4 Å². The zero-order valence-corrected chi connectivity index (χ0v) is 19.9. The number of anilines is 1. The first-order valence-electron chi connectivity index (χ1n) is 9.51. The second kappa shape index (κ2) is 9.46. The third-order valence-electron chi connectivity index (χ3n) is 4.36. The maximum absolute atomic E-state index is 12.6. The number of rotatable bonds is 7. The average Bonchev–Trinajstić information content (AvgIpc) is 3.23. The van der Waals surface area contributed by atoms with E-state index in [4.69, 9.17) is 27.9 Å². The van der Waals surface area contributed by atoms with Crippen molar-refractivity contribution in [1.29, 1.82) is 0 Å². The molecule has 32 heavy (non-hydrogen) atoms. The third-order valence-corrected chi connectivity index (χ3v) is 7.15. The molecule has 4 rings (SSSR count). The standard InChI is InChI=1S/C22H17Cl2N3O3S2/c1-2-16-13-31-22(25-16)14-10-20(24)26-21(11-14)30-18-5-3-4-17(12-18)27-32(28,29)19-8-6-15(23)7-9-19/h3-13,27H,2H2,1H3. The molecule has 0 bridgehead atoms. The molecular weight excluding hydrogens is 489 g/mol. The van der Waals surface area contributed by atoms with Crippen molar-refractivity contribution in [1.82, 2.24) is 9.97 Å². The van der Waals surface area contributed by atoms with Crippen molar-refractivity contribution in [2.24, 2.45) is 0 Å². The molecule has 2 aromatic carbocycles. The summed E-state index contributed by atoms with van der Waals surface area (Å²) in [5.41, 5.74) is 2.14. The van der Waals surface area contributed by atoms with Crippen LogP contribution in [0.1, 0.15) is 12.6 Å². The van der Waals surface area contributed by atoms with Gasteiger partial charge in [0.15, 0.2) is 0 Å². The van der Waals surface area contributed by atoms with Gasteiger partial charge in [0, 0.05) is 28.1 Å². The highest BCUT2D eigenvalue weighted by Gasteiger charge is 2.15. The second-order valence-corrected chi connectivity index (χ2v) is 10.1. The molecule has 0 aliphatic rings. The molecule has 0 saturated heterocycles. The van der Waals surface area contributed by atoms with E-state index < -0.39 is 10.0 Å². The summed E-state index contributed by atoms with van der Waals surface area (Å²) in [7, 11) is -3.78. The van der Waals surface area contributed by atoms with Crippen molar-refractivity contribution in [2.75, 3.05) is 4.72 Å². The van der Waals surface area contributed by atoms with Crippen molar-refractivity contribution < 1.29 is 13.2 Å². The molecular formula is C22H17Cl2N3O3S2. The number of pyridine rings is 1. The van der Waals surface area contributed by atoms with Gasteiger partial charge >= 0.3 is 0 Å². The number of nitrogens with one attached hydrogen (secondary N) is 1. The highest BCUT2D eigenvalue weighted by atomic mass is 35.5. The number of aryl methyl sites for hydroxylation is 1. The largest absolute Gasteiger partial charge is 0.439 e. The smallest absolute Gasteiger partial charge is 0.261 e. The first-order chi connectivity index (χ1) is 15.3. The zero-order chi connectivity index (χ0) is 22.7. The van der Waals surface area contributed by atoms with Crippen LogP contribution in [-0.4, -0.2) is 18.4 Å². The molecule has 0 amide bonds. The van der Waals surface area contributed by atoms with E-state index in [1.807, 2.05) is 12.3 Å². The Morgan fingerprint density at radius 1 is 1.03 bits per heavy atom. The number of nitrogens with zero attached hydrogens (tertiary/aromatic N) is 2. The van der Waals surface area contributed by atoms with Crippen LogP contribution in [0.3, 0.4) is 0 Å². The van der Waals surface area contributed by atoms with Gasteiger partial charge in [-0.15, -0.1) is 11.3 Å². The summed E-state index contributed by atoms with van der Waals surface area (Å²) in [5.74, 6) is 0.675. The Kier molecular flexibility index (Phi) is 6.66. The lowest BCUT2D eigenvalue weighted by Gasteiger charge is -2.11. The van der Waals surface area contributed by atoms with Crippen LogP contribution in [0, 0.1) is 0 Å². The number of halogens is 2. The van der Waals surface area contributed by atoms with Crippen molar-refractivity contribution in [3.63, 3.8) is 0 Å². The summed E-state index contributed by atoms with van der Waals surface area (Å²) in [6.07, 6.45) is 0.845. The first kappa shape index (κ1) is 22.5. The number of hydrogen-bond donors (Lipinski definition) is 1. The Morgan fingerprint density at radius 2 is 1.81 bits per heavy atom. The number of sulfonamides is 1. The van der Waals surface area contributed by atoms with Crippen LogP contribution in [0.2, 0.25) is 10.2 Å². The van der Waals surface area contributed by atoms with Crippen LogP contribution < -0.4 is 9.46 Å². The van der Waals surface area contributed by atoms with Crippen LogP contribution in [0.25, 0.3) is 10.6 Å². The molecule has 0 aliphatic heterocycles. The predicted octanol–water partition coefficient (Wildman–Crippen LogP) is 6.67. The third kappa shape index (κ3) is 5.39. The van der Waals surface area contributed by atoms with E-state index in [9.17, 15) is 8.42 Å². The SMILES string of the molecule is CCc1csc(-c2cc(Cl)nc(Oc3cccc(NS(=O)(=O)c4ccc(Cl)cc4)c3)c2)n1. The fourth-order valence-corrected chi connectivity index (χ4v) is 5.09. The Balaban J connectivity index is 1.56. The van der Waals surface area contributed by atoms with E-state index in [-0.39, 0.29) is 15.9 Å². The normalized spacial score (nSPS) is 11.3. The maximum atomic E-state index is 12.6. The van der Waals surface area contributed by atoms with Gasteiger partial charge in [-0.05, 0) is 48.9 Å². The van der Waals surface area contributed by atoms with Gasteiger partial charge in [-0.25, -0.2) is 18.4 Å². The molecule has 0 spiro atoms. The number of thiazole rings is 1. The predicted molar refractivity (Wildman–Crippen MR) is 129 cm³/mol. The minimum absolute atomic E-state index is 0.101. The lowest BCUT2D eigenvalue weighted by atomic mass is 10.2. The minimum atomic E-state index is -3.78. The molecule has 0 unspecified atom stereocenters. The van der Waals surface area contributed by atoms with Gasteiger partial charge < -0.3 is 4.74 Å². The van der Waals surface area contributed by atoms with E-state index in [2.05, 4.69) is 14.7 Å². The summed E-state index contributed by atoms with van der Waals surface area (Å²) in [5, 5.41) is 3.54. The van der Waals surface area contributed by atoms with Crippen molar-refractivity contribution in [2.45, 2.75) is 18.2 Å². The van der Waals surface area contributed by atoms with E-state index in [1.165, 1.54) is 35.6 Å². The molecule has 10 heteroatoms. The van der Waals surface area contributed by atoms with Gasteiger partial charge in [0.2, 0.25) is 5.88 Å². The van der Waals surface area contributed by atoms with Crippen LogP contribution in [0.15, 0.2) is 70.9 Å². The van der Waals surface area contributed by atoms with E-state index >= 15 is 0 Å². The van der Waals surface area contributed by atoms with Crippen molar-refractivity contribution in [3.05, 3.63) is 81.9 Å². The highest BCUT2D eigenvalue weighted by molar-refractivity contribution is 7.92. The summed E-state index contributed by atoms with van der Waals surface area (Å²) in [6, 6.07) is 15.9. The number of hydrogen-bond acceptors (Lipinski definition) is 6. The van der Waals surface area contributed by atoms with Crippen molar-refractivity contribution >= 4 is 50.2 Å². The monoisotopic (exact) mass is 505 g/mol. The summed E-state index contributed by atoms with van der Waals surface area (Å²) < 4.78 is 33.6. The number of aromatic nitrogens is 2. The molecule has 0 saturated carbocycles. The molecule has 1 N–H and O–H groups in total. The quantitative estimate of drug-likeness (QED) is 0.283. The fourth-order valence-electron chi connectivity index (χ4n) is 2.82. The second-order valence-electron chi connectivity index (χ2n) is 6.70. The topological polar surface area (TPSA) is 81.2 Å². The van der Waals surface area contributed by atoms with Crippen molar-refractivity contribution in [3.8, 4) is 22.2 Å². The maximum Gasteiger partial charge on any atom is 0.261 e. The van der Waals surface area contributed by atoms with Gasteiger partial charge in [0.25, 0.3) is 10.0 Å². The van der Waals surface area contributed by atoms with Gasteiger partial charge in [-0.3, -0.25) is 4.72 Å². The average molecular weight is 506 g/mol. The van der Waals surface area contributed by atoms with E-state index in [0.29, 0.717) is 16.5 Å². The van der Waals surface area contributed by atoms with Crippen LogP contribution >= 0.6 is 34.5 Å². The lowest BCUT2D eigenvalue weighted by molar-refractivity contribution is 0.463. The Labute approximate surface area is 199 Å². The Bertz CT molecular complexity index is 1360. The summed E-state index contributed by atoms with van der Waals surface area (Å²) in [4.78, 5) is 8.88. The molecule has 0 aliphatic carbocycles. The Morgan fingerprint density at radius 3 is 2.53 bits per heavy atom. The molecule has 0 atom stereocenters. The number of ether oxygens (including phenoxy) is 1. The Hall–Kier alpha value is -2.65. The summed E-state index contributed by atoms with van der Waals surface area (Å²) >= 11 is 13.5. The fraction of sp³-hybridized carbons (Fsp3) is 0.0909. The lowest BCUT2D eigenvalue weighted by Crippen LogP contribution is -2.12. The van der Waals surface area contributed by atoms with Crippen LogP contribution in [-0.2, 0) is 16.4 Å². The van der Waals surface area contributed by atoms with E-state index in [0.717, 1.165) is 22.7 Å². The molecule has 4 aromatic rings. The highest BCUT2D eigenvalue weighted by Crippen LogP contribution is 2.31. The molecule has 2 aromatic heterocycles. The number of benzene rings is 2. The molecule has 6 nitrogen and oxygen atoms in total. The summed E-state index contributed by atoms with van der Waals surface area (Å²) in [6.45, 7) is 2.04. The molecule has 164 valence electrons. The zero-order valence-electron chi connectivity index (χ0n) is 16.7. The van der Waals surface area contributed by atoms with Gasteiger partial charge in [-0.1, -0.05) is 36.2 Å². The van der Waals surface area contributed by atoms with Crippen LogP contribution in [0.5, 0.6) is 11.6 Å². The first-order valence-corrected chi connectivity index (χ1v) is 12.6. The van der Waals surface area contributed by atoms with Gasteiger partial charge in [0.05, 0.1) is 16.3 Å². The van der Waals surface area contributed by atoms with Gasteiger partial charge in [-0.2, -0.15) is 0 Å². The van der Waals surface area contributed by atoms with Gasteiger partial charge in [0.1, 0.15) is 15.9 Å². The minimum Gasteiger partial charge on any atom is -0.439 e. The van der Waals surface area contributed by atoms with Crippen LogP contribution in [0.4, 0.5) is 5.69 Å².